The second kappa shape index (κ2) is 5.86. The Morgan fingerprint density at radius 2 is 2.00 bits per heavy atom. The fourth-order valence-corrected chi connectivity index (χ4v) is 2.80. The molecule has 0 saturated carbocycles. The van der Waals surface area contributed by atoms with E-state index in [2.05, 4.69) is 15.4 Å². The summed E-state index contributed by atoms with van der Waals surface area (Å²) in [5, 5.41) is 8.30. The number of carbonyl (C=O) groups excluding carboxylic acids is 1. The second-order valence-corrected chi connectivity index (χ2v) is 5.68. The number of nitrogens with one attached hydrogen (secondary N) is 1. The van der Waals surface area contributed by atoms with Crippen molar-refractivity contribution >= 4 is 33.5 Å². The number of rotatable bonds is 3. The van der Waals surface area contributed by atoms with Gasteiger partial charge in [-0.3, -0.25) is 9.59 Å². The van der Waals surface area contributed by atoms with Crippen LogP contribution in [0, 0.1) is 0 Å². The number of hydrogen-bond acceptors (Lipinski definition) is 5. The highest BCUT2D eigenvalue weighted by atomic mass is 16.3. The van der Waals surface area contributed by atoms with Gasteiger partial charge in [-0.2, -0.15) is 5.10 Å². The quantitative estimate of drug-likeness (QED) is 0.620. The molecular weight excluding hydrogens is 320 g/mol. The number of benzene rings is 2. The first-order chi connectivity index (χ1) is 12.1. The van der Waals surface area contributed by atoms with Crippen LogP contribution in [0.5, 0.6) is 0 Å². The smallest absolute Gasteiger partial charge is 0.274 e. The number of amides is 1. The molecule has 7 nitrogen and oxygen atoms in total. The third kappa shape index (κ3) is 2.76. The third-order valence-corrected chi connectivity index (χ3v) is 3.98. The lowest BCUT2D eigenvalue weighted by Crippen LogP contribution is -2.24. The standard InChI is InChI=1S/C18H14N4O3/c1-22-18(24)13-5-3-2-4-12(13)14(21-22)9-17(23)20-11-6-7-16-15(8-11)19-10-25-16/h2-8,10H,9H2,1H3,(H,20,23). The fraction of sp³-hybridized carbons (Fsp3) is 0.111. The molecule has 25 heavy (non-hydrogen) atoms. The van der Waals surface area contributed by atoms with E-state index in [0.29, 0.717) is 33.3 Å². The molecule has 0 aliphatic carbocycles. The molecule has 124 valence electrons. The Kier molecular flexibility index (Phi) is 3.53. The van der Waals surface area contributed by atoms with E-state index in [4.69, 9.17) is 4.42 Å². The molecule has 2 aromatic heterocycles. The Bertz CT molecular complexity index is 1160. The molecule has 2 aromatic carbocycles. The van der Waals surface area contributed by atoms with E-state index >= 15 is 0 Å². The number of oxazole rings is 1. The van der Waals surface area contributed by atoms with Crippen LogP contribution in [-0.4, -0.2) is 20.7 Å². The highest BCUT2D eigenvalue weighted by Crippen LogP contribution is 2.18. The molecule has 0 fully saturated rings. The normalized spacial score (nSPS) is 11.1. The van der Waals surface area contributed by atoms with Gasteiger partial charge >= 0.3 is 0 Å². The summed E-state index contributed by atoms with van der Waals surface area (Å²) in [7, 11) is 1.58. The average molecular weight is 334 g/mol. The molecule has 0 unspecified atom stereocenters. The number of aryl methyl sites for hydroxylation is 1. The number of nitrogens with zero attached hydrogens (tertiary/aromatic N) is 3. The number of anilines is 1. The van der Waals surface area contributed by atoms with Crippen LogP contribution in [0.3, 0.4) is 0 Å². The zero-order chi connectivity index (χ0) is 17.4. The van der Waals surface area contributed by atoms with Gasteiger partial charge in [-0.25, -0.2) is 9.67 Å². The maximum Gasteiger partial charge on any atom is 0.274 e. The summed E-state index contributed by atoms with van der Waals surface area (Å²) in [6, 6.07) is 12.4. The minimum Gasteiger partial charge on any atom is -0.443 e. The minimum atomic E-state index is -0.223. The lowest BCUT2D eigenvalue weighted by atomic mass is 10.1. The summed E-state index contributed by atoms with van der Waals surface area (Å²) >= 11 is 0. The predicted octanol–water partition coefficient (Wildman–Crippen LogP) is 2.26. The molecule has 1 amide bonds. The van der Waals surface area contributed by atoms with Crippen LogP contribution in [0.15, 0.2) is 58.1 Å². The zero-order valence-electron chi connectivity index (χ0n) is 13.4. The lowest BCUT2D eigenvalue weighted by Gasteiger charge is -2.09. The lowest BCUT2D eigenvalue weighted by molar-refractivity contribution is -0.115. The largest absolute Gasteiger partial charge is 0.443 e. The Hall–Kier alpha value is -3.48. The summed E-state index contributed by atoms with van der Waals surface area (Å²) in [4.78, 5) is 28.6. The Labute approximate surface area is 141 Å². The van der Waals surface area contributed by atoms with Gasteiger partial charge in [0.1, 0.15) is 5.52 Å². The topological polar surface area (TPSA) is 90.0 Å². The molecular formula is C18H14N4O3. The van der Waals surface area contributed by atoms with Crippen molar-refractivity contribution in [1.29, 1.82) is 0 Å². The van der Waals surface area contributed by atoms with E-state index in [1.165, 1.54) is 11.1 Å². The molecule has 2 heterocycles. The van der Waals surface area contributed by atoms with Crippen LogP contribution >= 0.6 is 0 Å². The summed E-state index contributed by atoms with van der Waals surface area (Å²) < 4.78 is 6.44. The maximum atomic E-state index is 12.4. The number of aromatic nitrogens is 3. The van der Waals surface area contributed by atoms with Crippen molar-refractivity contribution in [2.24, 2.45) is 7.05 Å². The SMILES string of the molecule is Cn1nc(CC(=O)Nc2ccc3ocnc3c2)c2ccccc2c1=O. The van der Waals surface area contributed by atoms with Crippen molar-refractivity contribution in [3.63, 3.8) is 0 Å². The Morgan fingerprint density at radius 1 is 1.20 bits per heavy atom. The van der Waals surface area contributed by atoms with Gasteiger partial charge in [0.05, 0.1) is 17.5 Å². The van der Waals surface area contributed by atoms with E-state index in [-0.39, 0.29) is 17.9 Å². The average Bonchev–Trinajstić information content (AvgIpc) is 3.07. The molecule has 0 radical (unpaired) electrons. The van der Waals surface area contributed by atoms with Gasteiger partial charge in [0, 0.05) is 18.1 Å². The molecule has 4 aromatic rings. The van der Waals surface area contributed by atoms with Crippen molar-refractivity contribution in [3.05, 3.63) is 64.9 Å². The molecule has 7 heteroatoms. The third-order valence-electron chi connectivity index (χ3n) is 3.98. The summed E-state index contributed by atoms with van der Waals surface area (Å²) in [6.45, 7) is 0. The first-order valence-corrected chi connectivity index (χ1v) is 7.70. The fourth-order valence-electron chi connectivity index (χ4n) is 2.80. The highest BCUT2D eigenvalue weighted by Gasteiger charge is 2.13. The molecule has 0 spiro atoms. The first-order valence-electron chi connectivity index (χ1n) is 7.70. The van der Waals surface area contributed by atoms with Crippen LogP contribution in [0.4, 0.5) is 5.69 Å². The van der Waals surface area contributed by atoms with E-state index in [1.807, 2.05) is 6.07 Å². The van der Waals surface area contributed by atoms with Crippen molar-refractivity contribution < 1.29 is 9.21 Å². The zero-order valence-corrected chi connectivity index (χ0v) is 13.4. The van der Waals surface area contributed by atoms with E-state index < -0.39 is 0 Å². The van der Waals surface area contributed by atoms with E-state index in [1.54, 1.807) is 43.4 Å². The van der Waals surface area contributed by atoms with Gasteiger partial charge in [0.15, 0.2) is 12.0 Å². The van der Waals surface area contributed by atoms with Crippen LogP contribution < -0.4 is 10.9 Å². The number of fused-ring (bicyclic) bond motifs is 2. The summed E-state index contributed by atoms with van der Waals surface area (Å²) in [5.74, 6) is -0.223. The van der Waals surface area contributed by atoms with Gasteiger partial charge in [-0.1, -0.05) is 18.2 Å². The molecule has 0 saturated heterocycles. The van der Waals surface area contributed by atoms with Crippen molar-refractivity contribution in [2.45, 2.75) is 6.42 Å². The number of hydrogen-bond donors (Lipinski definition) is 1. The number of carbonyl (C=O) groups is 1. The van der Waals surface area contributed by atoms with Crippen molar-refractivity contribution in [2.75, 3.05) is 5.32 Å². The molecule has 4 rings (SSSR count). The summed E-state index contributed by atoms with van der Waals surface area (Å²) in [6.07, 6.45) is 1.42. The predicted molar refractivity (Wildman–Crippen MR) is 93.3 cm³/mol. The Morgan fingerprint density at radius 3 is 2.84 bits per heavy atom. The van der Waals surface area contributed by atoms with E-state index in [0.717, 1.165) is 0 Å². The van der Waals surface area contributed by atoms with E-state index in [9.17, 15) is 9.59 Å². The molecule has 0 atom stereocenters. The van der Waals surface area contributed by atoms with Gasteiger partial charge < -0.3 is 9.73 Å². The highest BCUT2D eigenvalue weighted by molar-refractivity contribution is 5.96. The van der Waals surface area contributed by atoms with Crippen LogP contribution in [0.2, 0.25) is 0 Å². The van der Waals surface area contributed by atoms with Crippen LogP contribution in [0.1, 0.15) is 5.69 Å². The van der Waals surface area contributed by atoms with Crippen LogP contribution in [0.25, 0.3) is 21.9 Å². The van der Waals surface area contributed by atoms with Gasteiger partial charge in [-0.05, 0) is 24.3 Å². The maximum absolute atomic E-state index is 12.4. The van der Waals surface area contributed by atoms with Crippen molar-refractivity contribution in [1.82, 2.24) is 14.8 Å². The van der Waals surface area contributed by atoms with Gasteiger partial charge in [-0.15, -0.1) is 0 Å². The minimum absolute atomic E-state index is 0.0610. The molecule has 1 N–H and O–H groups in total. The van der Waals surface area contributed by atoms with Crippen molar-refractivity contribution in [3.8, 4) is 0 Å². The first kappa shape index (κ1) is 15.1. The molecule has 0 aliphatic heterocycles. The summed E-state index contributed by atoms with van der Waals surface area (Å²) in [5.41, 5.74) is 2.32. The second-order valence-electron chi connectivity index (χ2n) is 5.68. The Balaban J connectivity index is 1.63. The van der Waals surface area contributed by atoms with Gasteiger partial charge in [0.25, 0.3) is 5.56 Å². The monoisotopic (exact) mass is 334 g/mol. The molecule has 0 bridgehead atoms. The molecule has 0 aliphatic rings. The van der Waals surface area contributed by atoms with Crippen LogP contribution in [-0.2, 0) is 18.3 Å². The van der Waals surface area contributed by atoms with Gasteiger partial charge in [0.2, 0.25) is 5.91 Å².